The number of anilines is 2. The molecular formula is C30H43ClN12O3. The molecule has 4 rings (SSSR count). The van der Waals surface area contributed by atoms with E-state index in [-0.39, 0.29) is 47.0 Å². The number of rotatable bonds is 14. The number of likely N-dealkylation sites (tertiary alicyclic amines) is 1. The molecule has 3 heterocycles. The summed E-state index contributed by atoms with van der Waals surface area (Å²) in [5.74, 6) is -0.965. The van der Waals surface area contributed by atoms with Crippen LogP contribution in [-0.4, -0.2) is 96.5 Å². The summed E-state index contributed by atoms with van der Waals surface area (Å²) in [6.45, 7) is 6.25. The topological polar surface area (TPSA) is 220 Å². The van der Waals surface area contributed by atoms with Crippen LogP contribution in [0, 0.1) is 0 Å². The average molecular weight is 655 g/mol. The second-order valence-electron chi connectivity index (χ2n) is 11.3. The van der Waals surface area contributed by atoms with Crippen molar-refractivity contribution in [3.8, 4) is 0 Å². The number of hydrogen-bond acceptors (Lipinski definition) is 10. The fourth-order valence-electron chi connectivity index (χ4n) is 5.26. The van der Waals surface area contributed by atoms with Crippen molar-refractivity contribution in [2.75, 3.05) is 44.3 Å². The highest BCUT2D eigenvalue weighted by atomic mass is 35.5. The number of aryl methyl sites for hydroxylation is 3. The van der Waals surface area contributed by atoms with Gasteiger partial charge in [-0.2, -0.15) is 4.99 Å². The molecule has 15 nitrogen and oxygen atoms in total. The summed E-state index contributed by atoms with van der Waals surface area (Å²) in [6, 6.07) is 8.67. The summed E-state index contributed by atoms with van der Waals surface area (Å²) in [5.41, 5.74) is 20.3. The number of piperidine rings is 1. The highest BCUT2D eigenvalue weighted by molar-refractivity contribution is 6.31. The van der Waals surface area contributed by atoms with E-state index >= 15 is 0 Å². The minimum atomic E-state index is -0.748. The van der Waals surface area contributed by atoms with Gasteiger partial charge in [-0.3, -0.25) is 19.2 Å². The smallest absolute Gasteiger partial charge is 0.302 e. The van der Waals surface area contributed by atoms with Crippen LogP contribution in [0.3, 0.4) is 0 Å². The zero-order valence-electron chi connectivity index (χ0n) is 26.1. The normalized spacial score (nSPS) is 14.4. The van der Waals surface area contributed by atoms with Crippen molar-refractivity contribution in [3.63, 3.8) is 0 Å². The molecule has 2 aromatic heterocycles. The summed E-state index contributed by atoms with van der Waals surface area (Å²) in [5, 5.41) is 20.6. The molecule has 0 saturated carbocycles. The third-order valence-electron chi connectivity index (χ3n) is 7.72. The van der Waals surface area contributed by atoms with Gasteiger partial charge in [-0.05, 0) is 36.8 Å². The molecule has 248 valence electrons. The van der Waals surface area contributed by atoms with Crippen LogP contribution in [0.2, 0.25) is 5.15 Å². The first-order valence-electron chi connectivity index (χ1n) is 15.5. The number of aliphatic hydroxyl groups is 1. The van der Waals surface area contributed by atoms with E-state index in [4.69, 9.17) is 28.8 Å². The lowest BCUT2D eigenvalue weighted by atomic mass is 10.0. The van der Waals surface area contributed by atoms with E-state index in [0.717, 1.165) is 51.0 Å². The molecule has 0 bridgehead atoms. The molecule has 1 saturated heterocycles. The number of aliphatic hydroxyl groups excluding tert-OH is 1. The minimum absolute atomic E-state index is 0.0154. The van der Waals surface area contributed by atoms with Gasteiger partial charge in [0.15, 0.2) is 28.4 Å². The van der Waals surface area contributed by atoms with Crippen LogP contribution in [0.5, 0.6) is 0 Å². The Bertz CT molecular complexity index is 1480. The first-order valence-corrected chi connectivity index (χ1v) is 15.8. The highest BCUT2D eigenvalue weighted by Crippen LogP contribution is 2.18. The fraction of sp³-hybridized carbons (Fsp3) is 0.500. The number of carbonyl (C=O) groups excluding carboxylic acids is 2. The average Bonchev–Trinajstić information content (AvgIpc) is 3.50. The fourth-order valence-corrected chi connectivity index (χ4v) is 5.39. The Kier molecular flexibility index (Phi) is 12.6. The highest BCUT2D eigenvalue weighted by Gasteiger charge is 2.21. The largest absolute Gasteiger partial charge is 0.395 e. The number of nitrogens with one attached hydrogen (secondary N) is 1. The van der Waals surface area contributed by atoms with E-state index in [1.165, 1.54) is 11.1 Å². The third kappa shape index (κ3) is 10.1. The van der Waals surface area contributed by atoms with Gasteiger partial charge in [0.25, 0.3) is 0 Å². The number of aliphatic imine (C=N–C) groups is 1. The van der Waals surface area contributed by atoms with Gasteiger partial charge in [0.2, 0.25) is 5.91 Å². The van der Waals surface area contributed by atoms with Gasteiger partial charge in [0, 0.05) is 64.3 Å². The van der Waals surface area contributed by atoms with Crippen molar-refractivity contribution in [3.05, 3.63) is 58.1 Å². The maximum Gasteiger partial charge on any atom is 0.302 e. The molecule has 2 amide bonds. The predicted octanol–water partition coefficient (Wildman–Crippen LogP) is 1.00. The maximum atomic E-state index is 12.4. The van der Waals surface area contributed by atoms with Crippen LogP contribution in [0.4, 0.5) is 11.6 Å². The Labute approximate surface area is 273 Å². The molecule has 1 fully saturated rings. The van der Waals surface area contributed by atoms with E-state index in [1.54, 1.807) is 4.90 Å². The van der Waals surface area contributed by atoms with E-state index in [2.05, 4.69) is 59.8 Å². The Morgan fingerprint density at radius 1 is 1.09 bits per heavy atom. The van der Waals surface area contributed by atoms with E-state index < -0.39 is 5.91 Å². The van der Waals surface area contributed by atoms with Gasteiger partial charge >= 0.3 is 5.91 Å². The summed E-state index contributed by atoms with van der Waals surface area (Å²) in [4.78, 5) is 40.5. The lowest BCUT2D eigenvalue weighted by Gasteiger charge is -2.32. The molecule has 0 aliphatic carbocycles. The SMILES string of the molecule is CCCN(CCO)C(=O)CCc1cn(CCc2ccc(CN3CCC(N/C(N)=N/C(=O)c4nc(Cl)c(N)nc4N)CC3)cc2)nn1. The Hall–Kier alpha value is -4.34. The summed E-state index contributed by atoms with van der Waals surface area (Å²) < 4.78 is 1.81. The van der Waals surface area contributed by atoms with Crippen LogP contribution < -0.4 is 22.5 Å². The number of halogens is 1. The van der Waals surface area contributed by atoms with Gasteiger partial charge in [0.1, 0.15) is 0 Å². The van der Waals surface area contributed by atoms with E-state index in [1.807, 2.05) is 17.8 Å². The molecule has 1 aliphatic rings. The minimum Gasteiger partial charge on any atom is -0.395 e. The number of carbonyl (C=O) groups is 2. The maximum absolute atomic E-state index is 12.4. The van der Waals surface area contributed by atoms with Crippen molar-refractivity contribution >= 4 is 41.0 Å². The number of nitrogen functional groups attached to an aromatic ring is 2. The number of benzene rings is 1. The second-order valence-corrected chi connectivity index (χ2v) is 11.6. The number of aromatic nitrogens is 5. The predicted molar refractivity (Wildman–Crippen MR) is 176 cm³/mol. The summed E-state index contributed by atoms with van der Waals surface area (Å²) >= 11 is 5.85. The van der Waals surface area contributed by atoms with Crippen molar-refractivity contribution in [1.82, 2.24) is 40.1 Å². The molecule has 3 aromatic rings. The van der Waals surface area contributed by atoms with Gasteiger partial charge < -0.3 is 32.5 Å². The summed E-state index contributed by atoms with van der Waals surface area (Å²) in [7, 11) is 0. The first kappa shape index (κ1) is 34.5. The number of nitrogens with zero attached hydrogens (tertiary/aromatic N) is 8. The standard InChI is InChI=1S/C30H43ClN12O3/c1-2-12-42(16-17-44)24(45)8-7-23-19-43(40-39-23)15-9-20-3-5-21(6-4-20)18-41-13-10-22(11-14-41)35-30(34)38-29(46)25-27(32)37-28(33)26(31)36-25/h3-6,19,22,44H,2,7-18H2,1H3,(H4,32,33,37)(H3,34,35,38,46). The lowest BCUT2D eigenvalue weighted by Crippen LogP contribution is -2.47. The molecule has 0 spiro atoms. The van der Waals surface area contributed by atoms with Gasteiger partial charge in [-0.1, -0.05) is 48.0 Å². The molecule has 1 aromatic carbocycles. The monoisotopic (exact) mass is 654 g/mol. The van der Waals surface area contributed by atoms with Gasteiger partial charge in [0.05, 0.1) is 12.3 Å². The van der Waals surface area contributed by atoms with Crippen LogP contribution in [-0.2, 0) is 30.7 Å². The summed E-state index contributed by atoms with van der Waals surface area (Å²) in [6.07, 6.45) is 6.13. The van der Waals surface area contributed by atoms with Crippen molar-refractivity contribution in [1.29, 1.82) is 0 Å². The second kappa shape index (κ2) is 16.8. The van der Waals surface area contributed by atoms with Crippen LogP contribution in [0.1, 0.15) is 59.9 Å². The van der Waals surface area contributed by atoms with Crippen molar-refractivity contribution in [2.45, 2.75) is 64.6 Å². The van der Waals surface area contributed by atoms with Crippen LogP contribution >= 0.6 is 11.6 Å². The number of hydrogen-bond donors (Lipinski definition) is 5. The molecule has 16 heteroatoms. The molecule has 8 N–H and O–H groups in total. The third-order valence-corrected chi connectivity index (χ3v) is 8.00. The van der Waals surface area contributed by atoms with Gasteiger partial charge in [-0.15, -0.1) is 5.10 Å². The number of guanidine groups is 1. The first-order chi connectivity index (χ1) is 22.1. The molecule has 0 unspecified atom stereocenters. The zero-order valence-corrected chi connectivity index (χ0v) is 26.9. The van der Waals surface area contributed by atoms with Crippen LogP contribution in [0.15, 0.2) is 35.5 Å². The Morgan fingerprint density at radius 3 is 2.50 bits per heavy atom. The molecule has 0 atom stereocenters. The Morgan fingerprint density at radius 2 is 1.80 bits per heavy atom. The molecule has 0 radical (unpaired) electrons. The van der Waals surface area contributed by atoms with Crippen molar-refractivity contribution in [2.24, 2.45) is 10.7 Å². The molecular weight excluding hydrogens is 612 g/mol. The van der Waals surface area contributed by atoms with Crippen molar-refractivity contribution < 1.29 is 14.7 Å². The number of amides is 2. The quantitative estimate of drug-likeness (QED) is 0.121. The number of nitrogens with two attached hydrogens (primary N) is 3. The van der Waals surface area contributed by atoms with Crippen LogP contribution in [0.25, 0.3) is 0 Å². The molecule has 1 aliphatic heterocycles. The Balaban J connectivity index is 1.17. The zero-order chi connectivity index (χ0) is 33.1. The molecule has 46 heavy (non-hydrogen) atoms. The van der Waals surface area contributed by atoms with Gasteiger partial charge in [-0.25, -0.2) is 9.97 Å². The van der Waals surface area contributed by atoms with E-state index in [9.17, 15) is 14.7 Å². The lowest BCUT2D eigenvalue weighted by molar-refractivity contribution is -0.131. The van der Waals surface area contributed by atoms with E-state index in [0.29, 0.717) is 32.5 Å².